The van der Waals surface area contributed by atoms with Gasteiger partial charge in [-0.15, -0.1) is 0 Å². The Morgan fingerprint density at radius 1 is 1.19 bits per heavy atom. The smallest absolute Gasteiger partial charge is 0.471 e. The third-order valence-corrected chi connectivity index (χ3v) is 4.15. The predicted molar refractivity (Wildman–Crippen MR) is 93.7 cm³/mol. The van der Waals surface area contributed by atoms with Gasteiger partial charge in [-0.1, -0.05) is 30.3 Å². The monoisotopic (exact) mass is 378 g/mol. The Bertz CT molecular complexity index is 853. The highest BCUT2D eigenvalue weighted by atomic mass is 19.4. The molecule has 1 heterocycles. The molecule has 1 atom stereocenters. The average molecular weight is 378 g/mol. The van der Waals surface area contributed by atoms with E-state index in [1.165, 1.54) is 18.2 Å². The number of anilines is 2. The first kappa shape index (κ1) is 18.8. The van der Waals surface area contributed by atoms with E-state index in [0.29, 0.717) is 18.7 Å². The molecule has 0 saturated carbocycles. The van der Waals surface area contributed by atoms with Gasteiger partial charge in [-0.05, 0) is 31.0 Å². The van der Waals surface area contributed by atoms with E-state index in [0.717, 1.165) is 5.56 Å². The molecule has 0 fully saturated rings. The van der Waals surface area contributed by atoms with Crippen molar-refractivity contribution >= 4 is 23.2 Å². The molecule has 1 unspecified atom stereocenters. The number of hydrogen-bond acceptors (Lipinski definition) is 3. The summed E-state index contributed by atoms with van der Waals surface area (Å²) in [4.78, 5) is 25.1. The highest BCUT2D eigenvalue weighted by Crippen LogP contribution is 2.36. The van der Waals surface area contributed by atoms with E-state index >= 15 is 0 Å². The molecule has 1 aliphatic rings. The molecule has 3 rings (SSSR count). The molecule has 8 heteroatoms. The zero-order valence-electron chi connectivity index (χ0n) is 14.4. The second-order valence-corrected chi connectivity index (χ2v) is 6.12. The van der Waals surface area contributed by atoms with Gasteiger partial charge >= 0.3 is 12.1 Å². The van der Waals surface area contributed by atoms with Crippen LogP contribution in [0.25, 0.3) is 0 Å². The maximum atomic E-state index is 12.5. The van der Waals surface area contributed by atoms with Gasteiger partial charge < -0.3 is 15.0 Å². The lowest BCUT2D eigenvalue weighted by atomic mass is 10.1. The van der Waals surface area contributed by atoms with E-state index < -0.39 is 18.2 Å². The predicted octanol–water partition coefficient (Wildman–Crippen LogP) is 3.54. The largest absolute Gasteiger partial charge is 0.479 e. The molecule has 0 radical (unpaired) electrons. The van der Waals surface area contributed by atoms with E-state index in [9.17, 15) is 22.8 Å². The summed E-state index contributed by atoms with van der Waals surface area (Å²) in [5, 5.41) is 1.78. The van der Waals surface area contributed by atoms with Crippen LogP contribution in [0.4, 0.5) is 24.5 Å². The van der Waals surface area contributed by atoms with Crippen molar-refractivity contribution in [2.45, 2.75) is 25.6 Å². The molecular weight excluding hydrogens is 361 g/mol. The third kappa shape index (κ3) is 4.21. The Hall–Kier alpha value is -3.03. The lowest BCUT2D eigenvalue weighted by Crippen LogP contribution is -2.45. The van der Waals surface area contributed by atoms with Crippen LogP contribution in [0.3, 0.4) is 0 Å². The first-order valence-electron chi connectivity index (χ1n) is 8.30. The Kier molecular flexibility index (Phi) is 5.07. The molecule has 0 aliphatic carbocycles. The molecule has 1 N–H and O–H groups in total. The number of rotatable bonds is 4. The highest BCUT2D eigenvalue weighted by Gasteiger charge is 2.39. The Balaban J connectivity index is 1.81. The van der Waals surface area contributed by atoms with Crippen molar-refractivity contribution in [3.05, 3.63) is 54.1 Å². The molecule has 1 aliphatic heterocycles. The lowest BCUT2D eigenvalue weighted by molar-refractivity contribution is -0.167. The first-order valence-corrected chi connectivity index (χ1v) is 8.30. The standard InChI is InChI=1S/C19H17F3N2O3/c1-12-17(25)24(10-9-13-5-3-2-4-6-13)15-8-7-14(11-16(15)27-12)23-18(26)19(20,21)22/h2-8,11-12H,9-10H2,1H3,(H,23,26). The highest BCUT2D eigenvalue weighted by molar-refractivity contribution is 6.01. The minimum Gasteiger partial charge on any atom is -0.479 e. The number of amides is 2. The van der Waals surface area contributed by atoms with Crippen LogP contribution in [0, 0.1) is 0 Å². The maximum Gasteiger partial charge on any atom is 0.471 e. The molecule has 0 aromatic heterocycles. The average Bonchev–Trinajstić information content (AvgIpc) is 2.62. The molecule has 142 valence electrons. The van der Waals surface area contributed by atoms with Gasteiger partial charge in [0.2, 0.25) is 0 Å². The van der Waals surface area contributed by atoms with Crippen LogP contribution in [0.15, 0.2) is 48.5 Å². The minimum absolute atomic E-state index is 0.0550. The van der Waals surface area contributed by atoms with Crippen molar-refractivity contribution in [1.82, 2.24) is 0 Å². The summed E-state index contributed by atoms with van der Waals surface area (Å²) in [6, 6.07) is 13.7. The topological polar surface area (TPSA) is 58.6 Å². The van der Waals surface area contributed by atoms with Gasteiger partial charge in [0.15, 0.2) is 6.10 Å². The van der Waals surface area contributed by atoms with Crippen molar-refractivity contribution in [1.29, 1.82) is 0 Å². The van der Waals surface area contributed by atoms with Gasteiger partial charge in [-0.3, -0.25) is 9.59 Å². The Morgan fingerprint density at radius 2 is 1.89 bits per heavy atom. The van der Waals surface area contributed by atoms with Gasteiger partial charge in [0, 0.05) is 18.3 Å². The van der Waals surface area contributed by atoms with E-state index in [4.69, 9.17) is 4.74 Å². The second kappa shape index (κ2) is 7.30. The SMILES string of the molecule is CC1Oc2cc(NC(=O)C(F)(F)F)ccc2N(CCc2ccccc2)C1=O. The fourth-order valence-electron chi connectivity index (χ4n) is 2.81. The summed E-state index contributed by atoms with van der Waals surface area (Å²) in [6.07, 6.45) is -5.14. The van der Waals surface area contributed by atoms with E-state index in [1.54, 1.807) is 17.1 Å². The number of nitrogens with one attached hydrogen (secondary N) is 1. The van der Waals surface area contributed by atoms with E-state index in [2.05, 4.69) is 0 Å². The van der Waals surface area contributed by atoms with Gasteiger partial charge in [0.1, 0.15) is 5.75 Å². The molecule has 0 saturated heterocycles. The lowest BCUT2D eigenvalue weighted by Gasteiger charge is -2.33. The number of benzene rings is 2. The summed E-state index contributed by atoms with van der Waals surface area (Å²) in [5.41, 5.74) is 1.46. The van der Waals surface area contributed by atoms with E-state index in [-0.39, 0.29) is 17.3 Å². The zero-order chi connectivity index (χ0) is 19.6. The van der Waals surface area contributed by atoms with Crippen LogP contribution < -0.4 is 15.0 Å². The summed E-state index contributed by atoms with van der Waals surface area (Å²) in [5.74, 6) is -2.05. The number of nitrogens with zero attached hydrogens (tertiary/aromatic N) is 1. The van der Waals surface area contributed by atoms with Crippen LogP contribution >= 0.6 is 0 Å². The summed E-state index contributed by atoms with van der Waals surface area (Å²) < 4.78 is 42.8. The molecule has 2 amide bonds. The first-order chi connectivity index (χ1) is 12.8. The van der Waals surface area contributed by atoms with Crippen molar-refractivity contribution < 1.29 is 27.5 Å². The number of alkyl halides is 3. The Morgan fingerprint density at radius 3 is 2.56 bits per heavy atom. The number of carbonyl (C=O) groups excluding carboxylic acids is 2. The van der Waals surface area contributed by atoms with Crippen LogP contribution in [0.5, 0.6) is 5.75 Å². The van der Waals surface area contributed by atoms with Gasteiger partial charge in [0.25, 0.3) is 5.91 Å². The summed E-state index contributed by atoms with van der Waals surface area (Å²) in [7, 11) is 0. The van der Waals surface area contributed by atoms with Crippen molar-refractivity contribution in [3.8, 4) is 5.75 Å². The van der Waals surface area contributed by atoms with Crippen LogP contribution in [0.2, 0.25) is 0 Å². The van der Waals surface area contributed by atoms with Crippen LogP contribution in [-0.4, -0.2) is 30.6 Å². The van der Waals surface area contributed by atoms with Crippen molar-refractivity contribution in [3.63, 3.8) is 0 Å². The Labute approximate surface area is 153 Å². The van der Waals surface area contributed by atoms with Crippen molar-refractivity contribution in [2.75, 3.05) is 16.8 Å². The van der Waals surface area contributed by atoms with Gasteiger partial charge in [-0.25, -0.2) is 0 Å². The number of carbonyl (C=O) groups is 2. The molecule has 0 spiro atoms. The number of hydrogen-bond donors (Lipinski definition) is 1. The maximum absolute atomic E-state index is 12.5. The fourth-order valence-corrected chi connectivity index (χ4v) is 2.81. The van der Waals surface area contributed by atoms with Gasteiger partial charge in [0.05, 0.1) is 5.69 Å². The zero-order valence-corrected chi connectivity index (χ0v) is 14.4. The number of fused-ring (bicyclic) bond motifs is 1. The molecule has 0 bridgehead atoms. The molecule has 5 nitrogen and oxygen atoms in total. The van der Waals surface area contributed by atoms with Crippen molar-refractivity contribution in [2.24, 2.45) is 0 Å². The quantitative estimate of drug-likeness (QED) is 0.885. The van der Waals surface area contributed by atoms with Crippen LogP contribution in [0.1, 0.15) is 12.5 Å². The molecule has 2 aromatic rings. The number of halogens is 3. The number of ether oxygens (including phenoxy) is 1. The fraction of sp³-hybridized carbons (Fsp3) is 0.263. The normalized spacial score (nSPS) is 16.5. The van der Waals surface area contributed by atoms with E-state index in [1.807, 2.05) is 30.3 Å². The molecular formula is C19H17F3N2O3. The van der Waals surface area contributed by atoms with Crippen LogP contribution in [-0.2, 0) is 16.0 Å². The second-order valence-electron chi connectivity index (χ2n) is 6.12. The molecule has 27 heavy (non-hydrogen) atoms. The third-order valence-electron chi connectivity index (χ3n) is 4.15. The summed E-state index contributed by atoms with van der Waals surface area (Å²) >= 11 is 0. The summed E-state index contributed by atoms with van der Waals surface area (Å²) in [6.45, 7) is 1.97. The minimum atomic E-state index is -4.98. The molecule has 2 aromatic carbocycles. The van der Waals surface area contributed by atoms with Gasteiger partial charge in [-0.2, -0.15) is 13.2 Å².